The van der Waals surface area contributed by atoms with Crippen LogP contribution in [0, 0.1) is 5.82 Å². The van der Waals surface area contributed by atoms with Crippen molar-refractivity contribution in [2.45, 2.75) is 31.9 Å². The fourth-order valence-corrected chi connectivity index (χ4v) is 2.84. The van der Waals surface area contributed by atoms with Gasteiger partial charge in [0.1, 0.15) is 5.82 Å². The molecule has 0 aliphatic heterocycles. The van der Waals surface area contributed by atoms with Gasteiger partial charge in [0.2, 0.25) is 0 Å². The van der Waals surface area contributed by atoms with Crippen LogP contribution in [0.2, 0.25) is 0 Å². The predicted octanol–water partition coefficient (Wildman–Crippen LogP) is 2.55. The van der Waals surface area contributed by atoms with Crippen LogP contribution >= 0.6 is 15.9 Å². The number of halogens is 2. The van der Waals surface area contributed by atoms with Crippen LogP contribution in [-0.2, 0) is 6.42 Å². The first-order chi connectivity index (χ1) is 7.59. The van der Waals surface area contributed by atoms with Gasteiger partial charge >= 0.3 is 0 Å². The van der Waals surface area contributed by atoms with Crippen molar-refractivity contribution in [2.24, 2.45) is 0 Å². The molecule has 16 heavy (non-hydrogen) atoms. The number of nitrogens with one attached hydrogen (secondary N) is 1. The zero-order valence-electron chi connectivity index (χ0n) is 9.13. The molecule has 2 nitrogen and oxygen atoms in total. The van der Waals surface area contributed by atoms with E-state index in [0.717, 1.165) is 28.4 Å². The fraction of sp³-hybridized carbons (Fsp3) is 0.500. The van der Waals surface area contributed by atoms with E-state index in [1.807, 2.05) is 0 Å². The second kappa shape index (κ2) is 4.82. The predicted molar refractivity (Wildman–Crippen MR) is 64.8 cm³/mol. The first-order valence-corrected chi connectivity index (χ1v) is 6.27. The molecule has 0 amide bonds. The van der Waals surface area contributed by atoms with Crippen molar-refractivity contribution >= 4 is 15.9 Å². The van der Waals surface area contributed by atoms with E-state index in [0.29, 0.717) is 6.54 Å². The number of hydrogen-bond donors (Lipinski definition) is 2. The molecule has 1 aromatic carbocycles. The third kappa shape index (κ3) is 2.29. The van der Waals surface area contributed by atoms with Crippen LogP contribution in [0.1, 0.15) is 30.5 Å². The molecular weight excluding hydrogens is 273 g/mol. The summed E-state index contributed by atoms with van der Waals surface area (Å²) in [6.45, 7) is 2.27. The molecule has 4 heteroatoms. The Morgan fingerprint density at radius 2 is 2.38 bits per heavy atom. The van der Waals surface area contributed by atoms with Crippen molar-refractivity contribution < 1.29 is 9.50 Å². The van der Waals surface area contributed by atoms with Crippen molar-refractivity contribution in [3.05, 3.63) is 33.5 Å². The molecule has 0 saturated carbocycles. The topological polar surface area (TPSA) is 32.3 Å². The van der Waals surface area contributed by atoms with Gasteiger partial charge in [-0.05, 0) is 43.0 Å². The number of aliphatic hydroxyl groups is 1. The molecule has 1 aromatic rings. The molecule has 0 radical (unpaired) electrons. The fourth-order valence-electron chi connectivity index (χ4n) is 2.19. The molecule has 2 atom stereocenters. The minimum Gasteiger partial charge on any atom is -0.392 e. The van der Waals surface area contributed by atoms with E-state index in [9.17, 15) is 9.50 Å². The van der Waals surface area contributed by atoms with Gasteiger partial charge in [-0.25, -0.2) is 4.39 Å². The third-order valence-electron chi connectivity index (χ3n) is 2.94. The smallest absolute Gasteiger partial charge is 0.126 e. The first-order valence-electron chi connectivity index (χ1n) is 5.48. The van der Waals surface area contributed by atoms with Gasteiger partial charge in [-0.3, -0.25) is 0 Å². The van der Waals surface area contributed by atoms with E-state index in [2.05, 4.69) is 21.2 Å². The van der Waals surface area contributed by atoms with E-state index in [-0.39, 0.29) is 18.0 Å². The van der Waals surface area contributed by atoms with Gasteiger partial charge in [0.05, 0.1) is 6.10 Å². The summed E-state index contributed by atoms with van der Waals surface area (Å²) in [7, 11) is 0. The molecule has 2 unspecified atom stereocenters. The molecular formula is C12H15BrFNO. The Morgan fingerprint density at radius 1 is 1.62 bits per heavy atom. The van der Waals surface area contributed by atoms with Crippen LogP contribution < -0.4 is 5.32 Å². The molecule has 0 bridgehead atoms. The number of aliphatic hydroxyl groups excluding tert-OH is 1. The highest BCUT2D eigenvalue weighted by molar-refractivity contribution is 9.10. The van der Waals surface area contributed by atoms with Crippen molar-refractivity contribution in [1.82, 2.24) is 5.32 Å². The highest BCUT2D eigenvalue weighted by Crippen LogP contribution is 2.37. The van der Waals surface area contributed by atoms with Crippen molar-refractivity contribution in [1.29, 1.82) is 0 Å². The Balaban J connectivity index is 2.22. The van der Waals surface area contributed by atoms with Gasteiger partial charge in [0, 0.05) is 17.1 Å². The monoisotopic (exact) mass is 287 g/mol. The Bertz CT molecular complexity index is 395. The number of fused-ring (bicyclic) bond motifs is 1. The summed E-state index contributed by atoms with van der Waals surface area (Å²) < 4.78 is 14.5. The maximum absolute atomic E-state index is 13.5. The van der Waals surface area contributed by atoms with E-state index >= 15 is 0 Å². The summed E-state index contributed by atoms with van der Waals surface area (Å²) in [4.78, 5) is 0. The highest BCUT2D eigenvalue weighted by atomic mass is 79.9. The minimum atomic E-state index is -0.378. The average Bonchev–Trinajstić information content (AvgIpc) is 2.65. The normalized spacial score (nSPS) is 20.9. The molecule has 1 aliphatic carbocycles. The van der Waals surface area contributed by atoms with Crippen LogP contribution in [0.25, 0.3) is 0 Å². The second-order valence-corrected chi connectivity index (χ2v) is 5.12. The van der Waals surface area contributed by atoms with Gasteiger partial charge < -0.3 is 10.4 Å². The second-order valence-electron chi connectivity index (χ2n) is 4.27. The lowest BCUT2D eigenvalue weighted by Gasteiger charge is -2.16. The summed E-state index contributed by atoms with van der Waals surface area (Å²) in [5.74, 6) is -0.125. The highest BCUT2D eigenvalue weighted by Gasteiger charge is 2.27. The number of benzene rings is 1. The summed E-state index contributed by atoms with van der Waals surface area (Å²) >= 11 is 3.46. The molecule has 0 spiro atoms. The molecule has 1 aliphatic rings. The minimum absolute atomic E-state index is 0.125. The molecule has 0 fully saturated rings. The van der Waals surface area contributed by atoms with Gasteiger partial charge in [-0.2, -0.15) is 0 Å². The molecule has 0 aromatic heterocycles. The quantitative estimate of drug-likeness (QED) is 0.896. The molecule has 0 heterocycles. The summed E-state index contributed by atoms with van der Waals surface area (Å²) in [5, 5.41) is 12.5. The number of rotatable bonds is 3. The summed E-state index contributed by atoms with van der Waals surface area (Å²) in [5.41, 5.74) is 1.82. The standard InChI is InChI=1S/C12H15BrFNO/c1-7(16)6-15-11-5-2-8-10(14)4-3-9(13)12(8)11/h3-4,7,11,15-16H,2,5-6H2,1H3. The van der Waals surface area contributed by atoms with Gasteiger partial charge in [0.25, 0.3) is 0 Å². The van der Waals surface area contributed by atoms with Crippen molar-refractivity contribution in [2.75, 3.05) is 6.54 Å². The Labute approximate surface area is 103 Å². The van der Waals surface area contributed by atoms with Crippen LogP contribution in [-0.4, -0.2) is 17.8 Å². The van der Waals surface area contributed by atoms with E-state index < -0.39 is 0 Å². The third-order valence-corrected chi connectivity index (χ3v) is 3.63. The van der Waals surface area contributed by atoms with Crippen LogP contribution in [0.15, 0.2) is 16.6 Å². The lowest BCUT2D eigenvalue weighted by molar-refractivity contribution is 0.186. The zero-order chi connectivity index (χ0) is 11.7. The van der Waals surface area contributed by atoms with Crippen LogP contribution in [0.3, 0.4) is 0 Å². The molecule has 0 saturated heterocycles. The van der Waals surface area contributed by atoms with Crippen LogP contribution in [0.4, 0.5) is 4.39 Å². The molecule has 2 N–H and O–H groups in total. The summed E-state index contributed by atoms with van der Waals surface area (Å²) in [6.07, 6.45) is 1.27. The lowest BCUT2D eigenvalue weighted by Crippen LogP contribution is -2.27. The number of hydrogen-bond acceptors (Lipinski definition) is 2. The Kier molecular flexibility index (Phi) is 3.62. The SMILES string of the molecule is CC(O)CNC1CCc2c(F)ccc(Br)c21. The van der Waals surface area contributed by atoms with Crippen LogP contribution in [0.5, 0.6) is 0 Å². The maximum Gasteiger partial charge on any atom is 0.126 e. The van der Waals surface area contributed by atoms with Gasteiger partial charge in [0.15, 0.2) is 0 Å². The Hall–Kier alpha value is -0.450. The van der Waals surface area contributed by atoms with E-state index in [1.54, 1.807) is 13.0 Å². The van der Waals surface area contributed by atoms with Gasteiger partial charge in [-0.1, -0.05) is 15.9 Å². The molecule has 88 valence electrons. The Morgan fingerprint density at radius 3 is 3.06 bits per heavy atom. The van der Waals surface area contributed by atoms with E-state index in [1.165, 1.54) is 6.07 Å². The zero-order valence-corrected chi connectivity index (χ0v) is 10.7. The average molecular weight is 288 g/mol. The lowest BCUT2D eigenvalue weighted by atomic mass is 10.1. The summed E-state index contributed by atoms with van der Waals surface area (Å²) in [6, 6.07) is 3.39. The largest absolute Gasteiger partial charge is 0.392 e. The van der Waals surface area contributed by atoms with Crippen molar-refractivity contribution in [3.8, 4) is 0 Å². The van der Waals surface area contributed by atoms with Crippen molar-refractivity contribution in [3.63, 3.8) is 0 Å². The van der Waals surface area contributed by atoms with E-state index in [4.69, 9.17) is 0 Å². The first kappa shape index (κ1) is 12.0. The van der Waals surface area contributed by atoms with Gasteiger partial charge in [-0.15, -0.1) is 0 Å². The molecule has 2 rings (SSSR count). The maximum atomic E-state index is 13.5.